The van der Waals surface area contributed by atoms with Crippen LogP contribution in [0.3, 0.4) is 0 Å². The highest BCUT2D eigenvalue weighted by Crippen LogP contribution is 2.30. The van der Waals surface area contributed by atoms with E-state index < -0.39 is 8.74 Å². The Balaban J connectivity index is 0.00000235. The molecule has 0 N–H and O–H groups in total. The molecule has 37 heavy (non-hydrogen) atoms. The molecule has 0 aliphatic heterocycles. The van der Waals surface area contributed by atoms with Crippen molar-refractivity contribution in [3.05, 3.63) is 94.5 Å². The molecule has 2 atom stereocenters. The van der Waals surface area contributed by atoms with E-state index in [-0.39, 0.29) is 17.3 Å². The Kier molecular flexibility index (Phi) is 11.0. The second-order valence-corrected chi connectivity index (χ2v) is 12.9. The first kappa shape index (κ1) is 30.7. The number of benzene rings is 3. The van der Waals surface area contributed by atoms with Crippen LogP contribution < -0.4 is 4.74 Å². The average molecular weight is 541 g/mol. The van der Waals surface area contributed by atoms with Gasteiger partial charge in [0.2, 0.25) is 0 Å². The Labute approximate surface area is 228 Å². The lowest BCUT2D eigenvalue weighted by Gasteiger charge is -2.23. The molecule has 3 aromatic carbocycles. The van der Waals surface area contributed by atoms with Crippen molar-refractivity contribution in [3.63, 3.8) is 0 Å². The number of ether oxygens (including phenoxy) is 1. The van der Waals surface area contributed by atoms with Crippen LogP contribution in [0.1, 0.15) is 93.9 Å². The minimum absolute atomic E-state index is 0.00479. The predicted molar refractivity (Wildman–Crippen MR) is 160 cm³/mol. The zero-order chi connectivity index (χ0) is 27.8. The highest BCUT2D eigenvalue weighted by atomic mass is 35.7. The lowest BCUT2D eigenvalue weighted by atomic mass is 9.82. The highest BCUT2D eigenvalue weighted by molar-refractivity contribution is 8.21. The van der Waals surface area contributed by atoms with Crippen LogP contribution in [0.4, 0.5) is 0 Å². The third-order valence-corrected chi connectivity index (χ3v) is 8.15. The van der Waals surface area contributed by atoms with Gasteiger partial charge in [0.15, 0.2) is 5.78 Å². The second kappa shape index (κ2) is 13.3. The first-order valence-corrected chi connectivity index (χ1v) is 15.6. The summed E-state index contributed by atoms with van der Waals surface area (Å²) in [5.74, 6) is 4.15. The molecule has 2 unspecified atom stereocenters. The van der Waals surface area contributed by atoms with Gasteiger partial charge in [-0.05, 0) is 77.0 Å². The highest BCUT2D eigenvalue weighted by Gasteiger charge is 2.19. The number of hydrogen-bond acceptors (Lipinski definition) is 3. The van der Waals surface area contributed by atoms with E-state index in [2.05, 4.69) is 38.8 Å². The minimum atomic E-state index is -2.96. The molecule has 0 spiro atoms. The fourth-order valence-electron chi connectivity index (χ4n) is 3.75. The molecule has 3 rings (SSSR count). The molecular formula is C32H41ClO3S. The average Bonchev–Trinajstić information content (AvgIpc) is 2.90. The second-order valence-electron chi connectivity index (χ2n) is 9.73. The summed E-state index contributed by atoms with van der Waals surface area (Å²) in [5.41, 5.74) is 4.63. The van der Waals surface area contributed by atoms with Gasteiger partial charge in [0.05, 0.1) is 19.7 Å². The largest absolute Gasteiger partial charge is 0.489 e. The van der Waals surface area contributed by atoms with E-state index >= 15 is 0 Å². The number of halogens is 1. The van der Waals surface area contributed by atoms with Crippen molar-refractivity contribution in [1.82, 2.24) is 0 Å². The van der Waals surface area contributed by atoms with Crippen molar-refractivity contribution in [1.29, 1.82) is 0 Å². The maximum Gasteiger partial charge on any atom is 0.193 e. The molecule has 0 aliphatic rings. The Hall–Kier alpha value is -2.56. The lowest BCUT2D eigenvalue weighted by molar-refractivity contribution is 0.103. The third-order valence-electron chi connectivity index (χ3n) is 6.68. The quantitative estimate of drug-likeness (QED) is 0.147. The Bertz CT molecular complexity index is 1270. The number of ketones is 1. The predicted octanol–water partition coefficient (Wildman–Crippen LogP) is 8.63. The molecule has 5 heteroatoms. The fraction of sp³-hybridized carbons (Fsp3) is 0.375. The van der Waals surface area contributed by atoms with Crippen molar-refractivity contribution >= 4 is 31.1 Å². The van der Waals surface area contributed by atoms with Crippen molar-refractivity contribution in [2.75, 3.05) is 0 Å². The van der Waals surface area contributed by atoms with Gasteiger partial charge in [-0.25, -0.2) is 4.21 Å². The van der Waals surface area contributed by atoms with Crippen molar-refractivity contribution in [2.24, 2.45) is 0 Å². The van der Waals surface area contributed by atoms with Gasteiger partial charge in [-0.15, -0.1) is 0 Å². The van der Waals surface area contributed by atoms with Crippen LogP contribution in [0.25, 0.3) is 0 Å². The summed E-state index contributed by atoms with van der Waals surface area (Å²) in [4.78, 5) is 13.4. The van der Waals surface area contributed by atoms with E-state index in [1.165, 1.54) is 5.56 Å². The van der Waals surface area contributed by atoms with E-state index in [4.69, 9.17) is 15.4 Å². The molecule has 0 saturated carbocycles. The molecule has 0 aromatic heterocycles. The van der Waals surface area contributed by atoms with Gasteiger partial charge in [0, 0.05) is 11.1 Å². The zero-order valence-electron chi connectivity index (χ0n) is 23.3. The molecular weight excluding hydrogens is 500 g/mol. The first-order chi connectivity index (χ1) is 17.4. The van der Waals surface area contributed by atoms with Gasteiger partial charge in [-0.2, -0.15) is 0 Å². The summed E-state index contributed by atoms with van der Waals surface area (Å²) in [6, 6.07) is 21.1. The van der Waals surface area contributed by atoms with Crippen LogP contribution in [0.2, 0.25) is 0 Å². The van der Waals surface area contributed by atoms with Crippen LogP contribution in [-0.2, 0) is 20.6 Å². The topological polar surface area (TPSA) is 43.4 Å². The standard InChI is InChI=1S/C30H35ClO3S.C2H6/c1-7-21(3)34-27-18-11-23(20-28(27)35(6,31)33)19-22-9-12-24(13-10-22)29(32)25-14-16-26(17-15-25)30(4,5)8-2;1-2/h9-18,20-21H,6-8,19H2,1-5H3;1-2H3. The number of carbonyl (C=O) groups excluding carboxylic acids is 1. The monoisotopic (exact) mass is 540 g/mol. The van der Waals surface area contributed by atoms with Gasteiger partial charge >= 0.3 is 0 Å². The Morgan fingerprint density at radius 1 is 0.946 bits per heavy atom. The van der Waals surface area contributed by atoms with Crippen molar-refractivity contribution in [2.45, 2.75) is 84.1 Å². The van der Waals surface area contributed by atoms with Crippen LogP contribution in [0, 0.1) is 0 Å². The lowest BCUT2D eigenvalue weighted by Crippen LogP contribution is -2.15. The normalized spacial score (nSPS) is 13.6. The third kappa shape index (κ3) is 8.21. The molecule has 0 fully saturated rings. The summed E-state index contributed by atoms with van der Waals surface area (Å²) < 4.78 is 18.5. The summed E-state index contributed by atoms with van der Waals surface area (Å²) in [6.07, 6.45) is 2.46. The molecule has 0 saturated heterocycles. The van der Waals surface area contributed by atoms with Gasteiger partial charge < -0.3 is 4.74 Å². The van der Waals surface area contributed by atoms with Crippen molar-refractivity contribution in [3.8, 4) is 5.75 Å². The molecule has 0 bridgehead atoms. The van der Waals surface area contributed by atoms with E-state index in [1.54, 1.807) is 6.07 Å². The maximum atomic E-state index is 13.0. The van der Waals surface area contributed by atoms with Crippen LogP contribution in [0.5, 0.6) is 5.75 Å². The summed E-state index contributed by atoms with van der Waals surface area (Å²) in [7, 11) is 3.16. The number of hydrogen-bond donors (Lipinski definition) is 0. The fourth-order valence-corrected chi connectivity index (χ4v) is 4.86. The molecule has 0 amide bonds. The molecule has 0 heterocycles. The maximum absolute atomic E-state index is 13.0. The van der Waals surface area contributed by atoms with Crippen molar-refractivity contribution < 1.29 is 13.7 Å². The SMILES string of the molecule is C=S(=O)(Cl)c1cc(Cc2ccc(C(=O)c3ccc(C(C)(C)CC)cc3)cc2)ccc1OC(C)CC.CC. The van der Waals surface area contributed by atoms with Crippen LogP contribution >= 0.6 is 10.7 Å². The first-order valence-electron chi connectivity index (χ1n) is 13.0. The van der Waals surface area contributed by atoms with Gasteiger partial charge in [0.25, 0.3) is 0 Å². The molecule has 3 nitrogen and oxygen atoms in total. The number of rotatable bonds is 10. The molecule has 0 radical (unpaired) electrons. The Morgan fingerprint density at radius 2 is 1.46 bits per heavy atom. The summed E-state index contributed by atoms with van der Waals surface area (Å²) >= 11 is 0. The summed E-state index contributed by atoms with van der Waals surface area (Å²) in [5, 5.41) is 0. The van der Waals surface area contributed by atoms with Gasteiger partial charge in [-0.1, -0.05) is 96.1 Å². The Morgan fingerprint density at radius 3 is 1.95 bits per heavy atom. The van der Waals surface area contributed by atoms with Gasteiger partial charge in [-0.3, -0.25) is 4.79 Å². The van der Waals surface area contributed by atoms with Crippen LogP contribution in [0.15, 0.2) is 71.6 Å². The number of carbonyl (C=O) groups is 1. The van der Waals surface area contributed by atoms with E-state index in [1.807, 2.05) is 76.2 Å². The minimum Gasteiger partial charge on any atom is -0.489 e. The van der Waals surface area contributed by atoms with Crippen LogP contribution in [-0.4, -0.2) is 22.0 Å². The molecule has 200 valence electrons. The zero-order valence-corrected chi connectivity index (χ0v) is 24.8. The van der Waals surface area contributed by atoms with E-state index in [0.29, 0.717) is 28.2 Å². The summed E-state index contributed by atoms with van der Waals surface area (Å²) in [6.45, 7) is 14.6. The van der Waals surface area contributed by atoms with Gasteiger partial charge in [0.1, 0.15) is 5.75 Å². The molecule has 0 aliphatic carbocycles. The molecule has 3 aromatic rings. The smallest absolute Gasteiger partial charge is 0.193 e. The van der Waals surface area contributed by atoms with E-state index in [9.17, 15) is 9.00 Å². The van der Waals surface area contributed by atoms with E-state index in [0.717, 1.165) is 24.0 Å².